The second kappa shape index (κ2) is 5.14. The summed E-state index contributed by atoms with van der Waals surface area (Å²) in [7, 11) is 1.64. The predicted octanol–water partition coefficient (Wildman–Crippen LogP) is 2.59. The molecule has 0 spiro atoms. The average Bonchev–Trinajstić information content (AvgIpc) is 2.10. The first kappa shape index (κ1) is 11.2. The van der Waals surface area contributed by atoms with Crippen molar-refractivity contribution in [3.8, 4) is 0 Å². The highest BCUT2D eigenvalue weighted by Crippen LogP contribution is 2.25. The van der Waals surface area contributed by atoms with Gasteiger partial charge >= 0.3 is 0 Å². The van der Waals surface area contributed by atoms with Gasteiger partial charge < -0.3 is 10.5 Å². The topological polar surface area (TPSA) is 35.2 Å². The van der Waals surface area contributed by atoms with Gasteiger partial charge in [-0.05, 0) is 34.2 Å². The van der Waals surface area contributed by atoms with Gasteiger partial charge in [-0.2, -0.15) is 0 Å². The van der Waals surface area contributed by atoms with Gasteiger partial charge in [0, 0.05) is 10.7 Å². The molecule has 0 saturated heterocycles. The third kappa shape index (κ3) is 2.80. The minimum absolute atomic E-state index is 0.101. The SMILES string of the molecule is COC[C@H](N)c1cccc(Cl)c1I. The number of nitrogens with two attached hydrogens (primary N) is 1. The highest BCUT2D eigenvalue weighted by atomic mass is 127. The van der Waals surface area contributed by atoms with Gasteiger partial charge in [0.05, 0.1) is 17.7 Å². The Morgan fingerprint density at radius 2 is 2.31 bits per heavy atom. The van der Waals surface area contributed by atoms with Crippen molar-refractivity contribution in [3.63, 3.8) is 0 Å². The van der Waals surface area contributed by atoms with E-state index in [2.05, 4.69) is 22.6 Å². The van der Waals surface area contributed by atoms with Crippen LogP contribution >= 0.6 is 34.2 Å². The van der Waals surface area contributed by atoms with E-state index in [0.717, 1.165) is 14.2 Å². The molecular formula is C9H11ClINO. The lowest BCUT2D eigenvalue weighted by Gasteiger charge is -2.13. The molecule has 0 radical (unpaired) electrons. The maximum Gasteiger partial charge on any atom is 0.0655 e. The van der Waals surface area contributed by atoms with Crippen LogP contribution < -0.4 is 5.73 Å². The van der Waals surface area contributed by atoms with Crippen LogP contribution in [-0.4, -0.2) is 13.7 Å². The fraction of sp³-hybridized carbons (Fsp3) is 0.333. The lowest BCUT2D eigenvalue weighted by Crippen LogP contribution is -2.17. The maximum absolute atomic E-state index is 5.95. The van der Waals surface area contributed by atoms with Crippen LogP contribution in [0.2, 0.25) is 5.02 Å². The van der Waals surface area contributed by atoms with Crippen LogP contribution in [0.3, 0.4) is 0 Å². The first-order chi connectivity index (χ1) is 6.16. The molecule has 2 N–H and O–H groups in total. The summed E-state index contributed by atoms with van der Waals surface area (Å²) in [6.45, 7) is 0.510. The van der Waals surface area contributed by atoms with Crippen molar-refractivity contribution < 1.29 is 4.74 Å². The molecule has 0 unspecified atom stereocenters. The molecule has 1 rings (SSSR count). The maximum atomic E-state index is 5.95. The van der Waals surface area contributed by atoms with E-state index in [0.29, 0.717) is 6.61 Å². The Kier molecular flexibility index (Phi) is 4.45. The molecule has 0 aliphatic heterocycles. The number of benzene rings is 1. The number of halogens is 2. The molecule has 0 aliphatic rings. The molecule has 13 heavy (non-hydrogen) atoms. The molecule has 1 aromatic carbocycles. The number of rotatable bonds is 3. The van der Waals surface area contributed by atoms with Crippen LogP contribution in [-0.2, 0) is 4.74 Å². The van der Waals surface area contributed by atoms with Crippen LogP contribution in [0, 0.1) is 3.57 Å². The normalized spacial score (nSPS) is 12.9. The number of hydrogen-bond donors (Lipinski definition) is 1. The van der Waals surface area contributed by atoms with Crippen LogP contribution in [0.1, 0.15) is 11.6 Å². The van der Waals surface area contributed by atoms with Gasteiger partial charge in [-0.1, -0.05) is 23.7 Å². The predicted molar refractivity (Wildman–Crippen MR) is 63.0 cm³/mol. The van der Waals surface area contributed by atoms with Crippen molar-refractivity contribution in [2.75, 3.05) is 13.7 Å². The van der Waals surface area contributed by atoms with Crippen molar-refractivity contribution in [2.24, 2.45) is 5.73 Å². The molecule has 2 nitrogen and oxygen atoms in total. The number of ether oxygens (including phenoxy) is 1. The number of hydrogen-bond acceptors (Lipinski definition) is 2. The van der Waals surface area contributed by atoms with E-state index in [9.17, 15) is 0 Å². The zero-order valence-corrected chi connectivity index (χ0v) is 10.2. The van der Waals surface area contributed by atoms with Gasteiger partial charge in [-0.15, -0.1) is 0 Å². The zero-order valence-electron chi connectivity index (χ0n) is 7.26. The molecule has 4 heteroatoms. The summed E-state index contributed by atoms with van der Waals surface area (Å²) in [5.74, 6) is 0. The summed E-state index contributed by atoms with van der Waals surface area (Å²) in [5.41, 5.74) is 6.92. The fourth-order valence-electron chi connectivity index (χ4n) is 1.08. The molecule has 1 atom stereocenters. The monoisotopic (exact) mass is 311 g/mol. The Balaban J connectivity index is 2.93. The smallest absolute Gasteiger partial charge is 0.0655 e. The standard InChI is InChI=1S/C9H11ClINO/c1-13-5-8(12)6-3-2-4-7(10)9(6)11/h2-4,8H,5,12H2,1H3/t8-/m0/s1. The highest BCUT2D eigenvalue weighted by molar-refractivity contribution is 14.1. The third-order valence-corrected chi connectivity index (χ3v) is 3.56. The zero-order chi connectivity index (χ0) is 9.84. The lowest BCUT2D eigenvalue weighted by molar-refractivity contribution is 0.180. The first-order valence-corrected chi connectivity index (χ1v) is 5.31. The summed E-state index contributed by atoms with van der Waals surface area (Å²) in [6.07, 6.45) is 0. The fourth-order valence-corrected chi connectivity index (χ4v) is 2.02. The van der Waals surface area contributed by atoms with Gasteiger partial charge in [0.1, 0.15) is 0 Å². The third-order valence-electron chi connectivity index (χ3n) is 1.73. The van der Waals surface area contributed by atoms with Crippen molar-refractivity contribution in [1.29, 1.82) is 0 Å². The second-order valence-electron chi connectivity index (χ2n) is 2.70. The number of methoxy groups -OCH3 is 1. The molecule has 0 fully saturated rings. The quantitative estimate of drug-likeness (QED) is 0.871. The van der Waals surface area contributed by atoms with Crippen molar-refractivity contribution in [1.82, 2.24) is 0 Å². The van der Waals surface area contributed by atoms with E-state index in [1.807, 2.05) is 18.2 Å². The molecule has 0 amide bonds. The van der Waals surface area contributed by atoms with Gasteiger partial charge in [0.2, 0.25) is 0 Å². The van der Waals surface area contributed by atoms with E-state index < -0.39 is 0 Å². The molecule has 0 bridgehead atoms. The van der Waals surface area contributed by atoms with E-state index in [4.69, 9.17) is 22.1 Å². The van der Waals surface area contributed by atoms with Gasteiger partial charge in [0.25, 0.3) is 0 Å². The molecule has 1 aromatic rings. The molecule has 0 aromatic heterocycles. The van der Waals surface area contributed by atoms with Gasteiger partial charge in [-0.25, -0.2) is 0 Å². The van der Waals surface area contributed by atoms with E-state index in [-0.39, 0.29) is 6.04 Å². The van der Waals surface area contributed by atoms with Gasteiger partial charge in [0.15, 0.2) is 0 Å². The summed E-state index contributed by atoms with van der Waals surface area (Å²) < 4.78 is 5.99. The van der Waals surface area contributed by atoms with Gasteiger partial charge in [-0.3, -0.25) is 0 Å². The van der Waals surface area contributed by atoms with Crippen molar-refractivity contribution >= 4 is 34.2 Å². The van der Waals surface area contributed by atoms with E-state index in [1.54, 1.807) is 7.11 Å². The Morgan fingerprint density at radius 1 is 1.62 bits per heavy atom. The average molecular weight is 312 g/mol. The van der Waals surface area contributed by atoms with Crippen LogP contribution in [0.25, 0.3) is 0 Å². The second-order valence-corrected chi connectivity index (χ2v) is 4.19. The summed E-state index contributed by atoms with van der Waals surface area (Å²) in [6, 6.07) is 5.62. The Bertz CT molecular complexity index is 293. The van der Waals surface area contributed by atoms with Crippen molar-refractivity contribution in [2.45, 2.75) is 6.04 Å². The summed E-state index contributed by atoms with van der Waals surface area (Å²) in [4.78, 5) is 0. The minimum atomic E-state index is -0.101. The Hall–Kier alpha value is 0.160. The molecule has 0 heterocycles. The Morgan fingerprint density at radius 3 is 2.92 bits per heavy atom. The van der Waals surface area contributed by atoms with E-state index in [1.165, 1.54) is 0 Å². The molecule has 0 saturated carbocycles. The van der Waals surface area contributed by atoms with Crippen LogP contribution in [0.15, 0.2) is 18.2 Å². The van der Waals surface area contributed by atoms with Crippen LogP contribution in [0.5, 0.6) is 0 Å². The largest absolute Gasteiger partial charge is 0.383 e. The Labute approximate surface area is 96.5 Å². The highest BCUT2D eigenvalue weighted by Gasteiger charge is 2.10. The molecule has 0 aliphatic carbocycles. The minimum Gasteiger partial charge on any atom is -0.383 e. The van der Waals surface area contributed by atoms with E-state index >= 15 is 0 Å². The summed E-state index contributed by atoms with van der Waals surface area (Å²) in [5, 5.41) is 0.740. The molecule has 72 valence electrons. The lowest BCUT2D eigenvalue weighted by atomic mass is 10.1. The first-order valence-electron chi connectivity index (χ1n) is 3.85. The molecular weight excluding hydrogens is 300 g/mol. The van der Waals surface area contributed by atoms with Crippen molar-refractivity contribution in [3.05, 3.63) is 32.4 Å². The van der Waals surface area contributed by atoms with Crippen LogP contribution in [0.4, 0.5) is 0 Å². The summed E-state index contributed by atoms with van der Waals surface area (Å²) >= 11 is 8.15.